The van der Waals surface area contributed by atoms with E-state index in [2.05, 4.69) is 5.32 Å². The summed E-state index contributed by atoms with van der Waals surface area (Å²) < 4.78 is 0. The molecule has 0 aromatic carbocycles. The van der Waals surface area contributed by atoms with E-state index >= 15 is 0 Å². The van der Waals surface area contributed by atoms with Crippen molar-refractivity contribution in [3.63, 3.8) is 0 Å². The van der Waals surface area contributed by atoms with Crippen molar-refractivity contribution in [2.75, 3.05) is 13.6 Å². The topological polar surface area (TPSA) is 107 Å². The van der Waals surface area contributed by atoms with Crippen LogP contribution in [0.3, 0.4) is 0 Å². The lowest BCUT2D eigenvalue weighted by Gasteiger charge is -2.39. The highest BCUT2D eigenvalue weighted by molar-refractivity contribution is 5.92. The van der Waals surface area contributed by atoms with E-state index in [9.17, 15) is 24.3 Å². The molecule has 1 heterocycles. The lowest BCUT2D eigenvalue weighted by molar-refractivity contribution is -0.145. The summed E-state index contributed by atoms with van der Waals surface area (Å²) in [4.78, 5) is 52.9. The molecule has 8 heteroatoms. The molecule has 1 saturated heterocycles. The van der Waals surface area contributed by atoms with Gasteiger partial charge in [-0.15, -0.1) is 0 Å². The van der Waals surface area contributed by atoms with Crippen LogP contribution in [0.5, 0.6) is 0 Å². The maximum absolute atomic E-state index is 13.5. The normalized spacial score (nSPS) is 19.6. The number of carbonyl (C=O) groups is 4. The number of likely N-dealkylation sites (tertiary alicyclic amines) is 1. The van der Waals surface area contributed by atoms with Gasteiger partial charge in [-0.1, -0.05) is 40.7 Å². The summed E-state index contributed by atoms with van der Waals surface area (Å²) in [6.45, 7) is 12.9. The van der Waals surface area contributed by atoms with Crippen LogP contribution in [-0.4, -0.2) is 70.3 Å². The molecule has 0 spiro atoms. The molecule has 3 amide bonds. The van der Waals surface area contributed by atoms with E-state index < -0.39 is 29.5 Å². The summed E-state index contributed by atoms with van der Waals surface area (Å²) in [5.74, 6) is -1.82. The van der Waals surface area contributed by atoms with Crippen LogP contribution < -0.4 is 5.32 Å². The van der Waals surface area contributed by atoms with Gasteiger partial charge in [-0.2, -0.15) is 0 Å². The third-order valence-electron chi connectivity index (χ3n) is 5.85. The van der Waals surface area contributed by atoms with Crippen molar-refractivity contribution >= 4 is 23.7 Å². The maximum atomic E-state index is 13.5. The fourth-order valence-electron chi connectivity index (χ4n) is 3.90. The quantitative estimate of drug-likeness (QED) is 0.595. The standard InChI is InChI=1S/C23H39N3O5/c1-14(2)18(13-15(3)22(30)31)25(8)21(29)19(23(5,6)7)24-20(28)17-11-9-10-12-26(17)16(4)27/h13-14,17-19H,9-12H2,1-8H3,(H,24,28)(H,30,31)/t17-,18-,19-/m1/s1. The van der Waals surface area contributed by atoms with E-state index in [0.29, 0.717) is 13.0 Å². The number of nitrogens with zero attached hydrogens (tertiary/aromatic N) is 2. The first-order valence-electron chi connectivity index (χ1n) is 10.9. The summed E-state index contributed by atoms with van der Waals surface area (Å²) in [5.41, 5.74) is -0.418. The van der Waals surface area contributed by atoms with Crippen molar-refractivity contribution in [2.45, 2.75) is 85.9 Å². The second kappa shape index (κ2) is 10.8. The van der Waals surface area contributed by atoms with Gasteiger partial charge >= 0.3 is 5.97 Å². The Bertz CT molecular complexity index is 723. The number of rotatable bonds is 7. The molecule has 2 N–H and O–H groups in total. The molecule has 0 bridgehead atoms. The monoisotopic (exact) mass is 437 g/mol. The molecule has 0 saturated carbocycles. The van der Waals surface area contributed by atoms with Crippen LogP contribution in [0.1, 0.15) is 67.7 Å². The maximum Gasteiger partial charge on any atom is 0.331 e. The Morgan fingerprint density at radius 2 is 1.71 bits per heavy atom. The number of likely N-dealkylation sites (N-methyl/N-ethyl adjacent to an activating group) is 1. The summed E-state index contributed by atoms with van der Waals surface area (Å²) in [7, 11) is 1.63. The van der Waals surface area contributed by atoms with E-state index in [-0.39, 0.29) is 29.2 Å². The fraction of sp³-hybridized carbons (Fsp3) is 0.739. The summed E-state index contributed by atoms with van der Waals surface area (Å²) in [6.07, 6.45) is 3.86. The molecule has 0 aromatic rings. The number of carboxylic acid groups (broad SMARTS) is 1. The molecule has 176 valence electrons. The van der Waals surface area contributed by atoms with Crippen LogP contribution in [0.15, 0.2) is 11.6 Å². The Hall–Kier alpha value is -2.38. The van der Waals surface area contributed by atoms with Gasteiger partial charge in [-0.25, -0.2) is 4.79 Å². The molecular weight excluding hydrogens is 398 g/mol. The molecule has 1 rings (SSSR count). The average molecular weight is 438 g/mol. The molecule has 1 aliphatic rings. The van der Waals surface area contributed by atoms with Crippen LogP contribution in [0.2, 0.25) is 0 Å². The Balaban J connectivity index is 3.16. The molecule has 3 atom stereocenters. The lowest BCUT2D eigenvalue weighted by atomic mass is 9.84. The number of carbonyl (C=O) groups excluding carboxylic acids is 3. The Kier molecular flexibility index (Phi) is 9.26. The third-order valence-corrected chi connectivity index (χ3v) is 5.85. The number of hydrogen-bond acceptors (Lipinski definition) is 4. The third kappa shape index (κ3) is 7.08. The highest BCUT2D eigenvalue weighted by Gasteiger charge is 2.39. The van der Waals surface area contributed by atoms with E-state index in [0.717, 1.165) is 12.8 Å². The Morgan fingerprint density at radius 3 is 2.16 bits per heavy atom. The molecule has 8 nitrogen and oxygen atoms in total. The van der Waals surface area contributed by atoms with Gasteiger partial charge in [-0.05, 0) is 37.5 Å². The predicted molar refractivity (Wildman–Crippen MR) is 119 cm³/mol. The molecular formula is C23H39N3O5. The second-order valence-corrected chi connectivity index (χ2v) is 9.87. The summed E-state index contributed by atoms with van der Waals surface area (Å²) >= 11 is 0. The minimum atomic E-state index is -1.03. The summed E-state index contributed by atoms with van der Waals surface area (Å²) in [6, 6.07) is -1.83. The molecule has 31 heavy (non-hydrogen) atoms. The van der Waals surface area contributed by atoms with Crippen molar-refractivity contribution in [2.24, 2.45) is 11.3 Å². The fourth-order valence-corrected chi connectivity index (χ4v) is 3.90. The van der Waals surface area contributed by atoms with Crippen LogP contribution >= 0.6 is 0 Å². The zero-order valence-electron chi connectivity index (χ0n) is 20.2. The molecule has 0 radical (unpaired) electrons. The first kappa shape index (κ1) is 26.7. The minimum Gasteiger partial charge on any atom is -0.478 e. The first-order valence-corrected chi connectivity index (χ1v) is 10.9. The van der Waals surface area contributed by atoms with Gasteiger partial charge in [0, 0.05) is 26.1 Å². The van der Waals surface area contributed by atoms with Crippen molar-refractivity contribution in [1.29, 1.82) is 0 Å². The zero-order chi connectivity index (χ0) is 24.1. The van der Waals surface area contributed by atoms with Crippen molar-refractivity contribution in [3.8, 4) is 0 Å². The average Bonchev–Trinajstić information content (AvgIpc) is 2.67. The van der Waals surface area contributed by atoms with Crippen LogP contribution in [0.4, 0.5) is 0 Å². The van der Waals surface area contributed by atoms with E-state index in [1.54, 1.807) is 18.0 Å². The van der Waals surface area contributed by atoms with Gasteiger partial charge in [0.2, 0.25) is 17.7 Å². The van der Waals surface area contributed by atoms with Gasteiger partial charge in [0.25, 0.3) is 0 Å². The van der Waals surface area contributed by atoms with Crippen molar-refractivity contribution in [1.82, 2.24) is 15.1 Å². The van der Waals surface area contributed by atoms with Gasteiger partial charge in [0.15, 0.2) is 0 Å². The number of piperidine rings is 1. The molecule has 1 aliphatic heterocycles. The highest BCUT2D eigenvalue weighted by Crippen LogP contribution is 2.25. The Morgan fingerprint density at radius 1 is 1.13 bits per heavy atom. The molecule has 1 fully saturated rings. The largest absolute Gasteiger partial charge is 0.478 e. The zero-order valence-corrected chi connectivity index (χ0v) is 20.2. The van der Waals surface area contributed by atoms with Crippen LogP contribution in [-0.2, 0) is 19.2 Å². The summed E-state index contributed by atoms with van der Waals surface area (Å²) in [5, 5.41) is 12.1. The smallest absolute Gasteiger partial charge is 0.331 e. The number of nitrogens with one attached hydrogen (secondary N) is 1. The molecule has 0 aliphatic carbocycles. The molecule has 0 aromatic heterocycles. The SMILES string of the molecule is CC(=O)N1CCCC[C@@H]1C(=O)N[C@H](C(=O)N(C)[C@H](C=C(C)C(=O)O)C(C)C)C(C)(C)C. The number of hydrogen-bond donors (Lipinski definition) is 2. The van der Waals surface area contributed by atoms with Crippen LogP contribution in [0.25, 0.3) is 0 Å². The van der Waals surface area contributed by atoms with Gasteiger partial charge in [0.1, 0.15) is 12.1 Å². The second-order valence-electron chi connectivity index (χ2n) is 9.87. The first-order chi connectivity index (χ1) is 14.2. The number of amides is 3. The Labute approximate surface area is 186 Å². The van der Waals surface area contributed by atoms with Crippen molar-refractivity contribution in [3.05, 3.63) is 11.6 Å². The predicted octanol–water partition coefficient (Wildman–Crippen LogP) is 2.43. The van der Waals surface area contributed by atoms with Gasteiger partial charge in [0.05, 0.1) is 6.04 Å². The van der Waals surface area contributed by atoms with Gasteiger partial charge in [-0.3, -0.25) is 14.4 Å². The number of aliphatic carboxylic acids is 1. The number of carboxylic acids is 1. The van der Waals surface area contributed by atoms with Gasteiger partial charge < -0.3 is 20.2 Å². The molecule has 0 unspecified atom stereocenters. The van der Waals surface area contributed by atoms with E-state index in [4.69, 9.17) is 0 Å². The van der Waals surface area contributed by atoms with Crippen LogP contribution in [0, 0.1) is 11.3 Å². The van der Waals surface area contributed by atoms with E-state index in [1.165, 1.54) is 18.7 Å². The van der Waals surface area contributed by atoms with E-state index in [1.807, 2.05) is 34.6 Å². The minimum absolute atomic E-state index is 0.0221. The van der Waals surface area contributed by atoms with Crippen molar-refractivity contribution < 1.29 is 24.3 Å². The highest BCUT2D eigenvalue weighted by atomic mass is 16.4. The lowest BCUT2D eigenvalue weighted by Crippen LogP contribution is -2.60.